The molecule has 0 aliphatic carbocycles. The molecule has 0 aromatic heterocycles. The van der Waals surface area contributed by atoms with E-state index in [4.69, 9.17) is 11.2 Å². The third kappa shape index (κ3) is 1.13. The zero-order valence-corrected chi connectivity index (χ0v) is 6.08. The fourth-order valence-electron chi connectivity index (χ4n) is 1.14. The number of ether oxygens (including phenoxy) is 1. The van der Waals surface area contributed by atoms with Crippen molar-refractivity contribution in [1.82, 2.24) is 0 Å². The molecule has 1 heterocycles. The molecule has 0 spiro atoms. The number of rotatable bonds is 1. The number of terminal acetylenes is 1. The van der Waals surface area contributed by atoms with Crippen molar-refractivity contribution in [2.75, 3.05) is 6.61 Å². The number of hydrogen-bond acceptors (Lipinski definition) is 1. The molecule has 0 amide bonds. The first kappa shape index (κ1) is 6.45. The molecule has 2 rings (SSSR count). The van der Waals surface area contributed by atoms with Crippen LogP contribution in [0.3, 0.4) is 0 Å². The van der Waals surface area contributed by atoms with E-state index in [0.29, 0.717) is 0 Å². The first-order chi connectivity index (χ1) is 5.42. The fraction of sp³-hybridized carbons (Fsp3) is 0.200. The first-order valence-electron chi connectivity index (χ1n) is 3.59. The van der Waals surface area contributed by atoms with Crippen LogP contribution >= 0.6 is 0 Å². The van der Waals surface area contributed by atoms with Crippen LogP contribution in [0, 0.1) is 12.3 Å². The van der Waals surface area contributed by atoms with Gasteiger partial charge in [-0.3, -0.25) is 0 Å². The summed E-state index contributed by atoms with van der Waals surface area (Å²) in [4.78, 5) is 0. The average molecular weight is 144 g/mol. The predicted octanol–water partition coefficient (Wildman–Crippen LogP) is 1.74. The molecule has 54 valence electrons. The van der Waals surface area contributed by atoms with Crippen LogP contribution in [0.15, 0.2) is 24.3 Å². The van der Waals surface area contributed by atoms with Gasteiger partial charge in [-0.25, -0.2) is 0 Å². The van der Waals surface area contributed by atoms with Gasteiger partial charge in [-0.05, 0) is 11.6 Å². The summed E-state index contributed by atoms with van der Waals surface area (Å²) in [6.07, 6.45) is 5.58. The van der Waals surface area contributed by atoms with Gasteiger partial charge in [0, 0.05) is 5.56 Å². The molecule has 1 aliphatic heterocycles. The van der Waals surface area contributed by atoms with E-state index in [1.807, 2.05) is 24.3 Å². The zero-order valence-electron chi connectivity index (χ0n) is 6.08. The van der Waals surface area contributed by atoms with E-state index in [1.165, 1.54) is 0 Å². The van der Waals surface area contributed by atoms with Gasteiger partial charge in [0.2, 0.25) is 0 Å². The molecular weight excluding hydrogens is 136 g/mol. The van der Waals surface area contributed by atoms with E-state index in [-0.39, 0.29) is 6.10 Å². The van der Waals surface area contributed by atoms with Crippen LogP contribution in [0.5, 0.6) is 0 Å². The van der Waals surface area contributed by atoms with Gasteiger partial charge in [0.25, 0.3) is 0 Å². The SMILES string of the molecule is C#Cc1ccccc1[C@@H]1CO1. The summed E-state index contributed by atoms with van der Waals surface area (Å²) >= 11 is 0. The van der Waals surface area contributed by atoms with E-state index in [2.05, 4.69) is 5.92 Å². The molecule has 1 atom stereocenters. The van der Waals surface area contributed by atoms with E-state index < -0.39 is 0 Å². The summed E-state index contributed by atoms with van der Waals surface area (Å²) in [6.45, 7) is 0.818. The number of epoxide rings is 1. The topological polar surface area (TPSA) is 12.5 Å². The Hall–Kier alpha value is -1.26. The van der Waals surface area contributed by atoms with Crippen molar-refractivity contribution in [3.05, 3.63) is 35.4 Å². The summed E-state index contributed by atoms with van der Waals surface area (Å²) in [5, 5.41) is 0. The van der Waals surface area contributed by atoms with Crippen LogP contribution in [-0.4, -0.2) is 6.61 Å². The molecular formula is C10H8O. The molecule has 1 aromatic rings. The van der Waals surface area contributed by atoms with Gasteiger partial charge < -0.3 is 4.74 Å². The maximum absolute atomic E-state index is 5.31. The van der Waals surface area contributed by atoms with E-state index in [1.54, 1.807) is 0 Å². The minimum atomic E-state index is 0.266. The molecule has 0 bridgehead atoms. The normalized spacial score (nSPS) is 20.8. The van der Waals surface area contributed by atoms with Gasteiger partial charge >= 0.3 is 0 Å². The van der Waals surface area contributed by atoms with Crippen molar-refractivity contribution in [2.45, 2.75) is 6.10 Å². The summed E-state index contributed by atoms with van der Waals surface area (Å²) in [5.74, 6) is 2.64. The maximum atomic E-state index is 5.31. The van der Waals surface area contributed by atoms with Crippen LogP contribution in [-0.2, 0) is 4.74 Å². The fourth-order valence-corrected chi connectivity index (χ4v) is 1.14. The van der Waals surface area contributed by atoms with Crippen LogP contribution in [0.2, 0.25) is 0 Å². The van der Waals surface area contributed by atoms with Crippen LogP contribution < -0.4 is 0 Å². The lowest BCUT2D eigenvalue weighted by atomic mass is 10.1. The molecule has 0 saturated carbocycles. The number of benzene rings is 1. The minimum Gasteiger partial charge on any atom is -0.368 e. The third-order valence-corrected chi connectivity index (χ3v) is 1.80. The summed E-state index contributed by atoms with van der Waals surface area (Å²) in [6, 6.07) is 7.89. The molecule has 1 aromatic carbocycles. The molecule has 1 fully saturated rings. The largest absolute Gasteiger partial charge is 0.368 e. The van der Waals surface area contributed by atoms with E-state index >= 15 is 0 Å². The molecule has 0 N–H and O–H groups in total. The van der Waals surface area contributed by atoms with Gasteiger partial charge in [0.15, 0.2) is 0 Å². The highest BCUT2D eigenvalue weighted by Crippen LogP contribution is 2.31. The smallest absolute Gasteiger partial charge is 0.107 e. The Morgan fingerprint density at radius 2 is 2.18 bits per heavy atom. The summed E-state index contributed by atoms with van der Waals surface area (Å²) < 4.78 is 5.14. The second-order valence-electron chi connectivity index (χ2n) is 2.55. The maximum Gasteiger partial charge on any atom is 0.107 e. The van der Waals surface area contributed by atoms with E-state index in [0.717, 1.165) is 17.7 Å². The predicted molar refractivity (Wildman–Crippen MR) is 43.1 cm³/mol. The van der Waals surface area contributed by atoms with Crippen LogP contribution in [0.4, 0.5) is 0 Å². The lowest BCUT2D eigenvalue weighted by Gasteiger charge is -1.97. The Balaban J connectivity index is 2.44. The third-order valence-electron chi connectivity index (χ3n) is 1.80. The average Bonchev–Trinajstić information content (AvgIpc) is 2.87. The van der Waals surface area contributed by atoms with Gasteiger partial charge in [0.05, 0.1) is 6.61 Å². The molecule has 1 aliphatic rings. The Morgan fingerprint density at radius 1 is 1.45 bits per heavy atom. The second kappa shape index (κ2) is 2.41. The zero-order chi connectivity index (χ0) is 7.68. The van der Waals surface area contributed by atoms with Crippen molar-refractivity contribution in [2.24, 2.45) is 0 Å². The van der Waals surface area contributed by atoms with Crippen molar-refractivity contribution < 1.29 is 4.74 Å². The monoisotopic (exact) mass is 144 g/mol. The Kier molecular flexibility index (Phi) is 1.41. The molecule has 1 saturated heterocycles. The highest BCUT2D eigenvalue weighted by molar-refractivity contribution is 5.42. The molecule has 1 heteroatoms. The lowest BCUT2D eigenvalue weighted by Crippen LogP contribution is -1.85. The molecule has 0 radical (unpaired) electrons. The van der Waals surface area contributed by atoms with E-state index in [9.17, 15) is 0 Å². The van der Waals surface area contributed by atoms with Crippen LogP contribution in [0.25, 0.3) is 0 Å². The van der Waals surface area contributed by atoms with Crippen LogP contribution in [0.1, 0.15) is 17.2 Å². The molecule has 1 nitrogen and oxygen atoms in total. The minimum absolute atomic E-state index is 0.266. The molecule has 11 heavy (non-hydrogen) atoms. The highest BCUT2D eigenvalue weighted by atomic mass is 16.6. The van der Waals surface area contributed by atoms with Gasteiger partial charge in [-0.2, -0.15) is 0 Å². The van der Waals surface area contributed by atoms with Gasteiger partial charge in [0.1, 0.15) is 6.10 Å². The highest BCUT2D eigenvalue weighted by Gasteiger charge is 2.26. The van der Waals surface area contributed by atoms with Crippen molar-refractivity contribution in [3.8, 4) is 12.3 Å². The Labute approximate surface area is 66.0 Å². The van der Waals surface area contributed by atoms with Gasteiger partial charge in [-0.1, -0.05) is 24.1 Å². The summed E-state index contributed by atoms with van der Waals surface area (Å²) in [5.41, 5.74) is 2.10. The van der Waals surface area contributed by atoms with Crippen molar-refractivity contribution >= 4 is 0 Å². The lowest BCUT2D eigenvalue weighted by molar-refractivity contribution is 0.415. The first-order valence-corrected chi connectivity index (χ1v) is 3.59. The standard InChI is InChI=1S/C10H8O/c1-2-8-5-3-4-6-9(8)10-7-11-10/h1,3-6,10H,7H2/t10-/m0/s1. The second-order valence-corrected chi connectivity index (χ2v) is 2.55. The molecule has 0 unspecified atom stereocenters. The van der Waals surface area contributed by atoms with Gasteiger partial charge in [-0.15, -0.1) is 6.42 Å². The Bertz CT molecular complexity index is 305. The van der Waals surface area contributed by atoms with Crippen molar-refractivity contribution in [3.63, 3.8) is 0 Å². The quantitative estimate of drug-likeness (QED) is 0.432. The Morgan fingerprint density at radius 3 is 2.82 bits per heavy atom. The summed E-state index contributed by atoms with van der Waals surface area (Å²) in [7, 11) is 0. The number of hydrogen-bond donors (Lipinski definition) is 0. The van der Waals surface area contributed by atoms with Crippen molar-refractivity contribution in [1.29, 1.82) is 0 Å².